The Bertz CT molecular complexity index is 596. The van der Waals surface area contributed by atoms with Crippen LogP contribution in [-0.4, -0.2) is 6.04 Å². The largest absolute Gasteiger partial charge is 0.327 e. The van der Waals surface area contributed by atoms with E-state index in [2.05, 4.69) is 0 Å². The first-order valence-electron chi connectivity index (χ1n) is 6.08. The highest BCUT2D eigenvalue weighted by Gasteiger charge is 2.11. The summed E-state index contributed by atoms with van der Waals surface area (Å²) >= 11 is 5.80. The van der Waals surface area contributed by atoms with Crippen molar-refractivity contribution in [3.05, 3.63) is 70.0 Å². The molecule has 1 nitrogen and oxygen atoms in total. The number of benzene rings is 2. The first-order valence-corrected chi connectivity index (χ1v) is 6.46. The van der Waals surface area contributed by atoms with Gasteiger partial charge < -0.3 is 5.73 Å². The van der Waals surface area contributed by atoms with Crippen LogP contribution in [0.1, 0.15) is 11.1 Å². The molecule has 2 N–H and O–H groups in total. The number of hydrogen-bond donors (Lipinski definition) is 1. The van der Waals surface area contributed by atoms with E-state index in [-0.39, 0.29) is 12.8 Å². The van der Waals surface area contributed by atoms with Crippen molar-refractivity contribution >= 4 is 11.6 Å². The standard InChI is InChI=1S/C15H13ClF3N/c16-11-1-2-15(19)10(6-11)7-14(20)5-9-3-12(17)8-13(18)4-9/h1-4,6,8,14H,5,7,20H2. The Labute approximate surface area is 120 Å². The van der Waals surface area contributed by atoms with Gasteiger partial charge in [0, 0.05) is 17.1 Å². The Hall–Kier alpha value is -1.52. The molecule has 0 aliphatic rings. The second-order valence-corrected chi connectivity index (χ2v) is 5.12. The van der Waals surface area contributed by atoms with Crippen molar-refractivity contribution in [2.45, 2.75) is 18.9 Å². The monoisotopic (exact) mass is 299 g/mol. The Morgan fingerprint density at radius 1 is 0.950 bits per heavy atom. The molecule has 1 unspecified atom stereocenters. The molecule has 0 aliphatic carbocycles. The molecule has 2 rings (SSSR count). The average molecular weight is 300 g/mol. The van der Waals surface area contributed by atoms with Crippen molar-refractivity contribution in [1.82, 2.24) is 0 Å². The third-order valence-electron chi connectivity index (χ3n) is 2.91. The fourth-order valence-corrected chi connectivity index (χ4v) is 2.28. The predicted molar refractivity (Wildman–Crippen MR) is 73.2 cm³/mol. The SMILES string of the molecule is NC(Cc1cc(F)cc(F)c1)Cc1cc(Cl)ccc1F. The molecule has 0 spiro atoms. The first kappa shape index (κ1) is 14.9. The van der Waals surface area contributed by atoms with Crippen molar-refractivity contribution in [2.24, 2.45) is 5.73 Å². The number of halogens is 4. The Morgan fingerprint density at radius 2 is 1.60 bits per heavy atom. The van der Waals surface area contributed by atoms with Crippen molar-refractivity contribution in [1.29, 1.82) is 0 Å². The lowest BCUT2D eigenvalue weighted by molar-refractivity contribution is 0.567. The molecule has 106 valence electrons. The van der Waals surface area contributed by atoms with Crippen LogP contribution in [0.2, 0.25) is 5.02 Å². The summed E-state index contributed by atoms with van der Waals surface area (Å²) in [7, 11) is 0. The molecule has 0 saturated carbocycles. The molecule has 0 heterocycles. The van der Waals surface area contributed by atoms with Crippen molar-refractivity contribution in [3.8, 4) is 0 Å². The predicted octanol–water partition coefficient (Wildman–Crippen LogP) is 3.87. The molecule has 0 amide bonds. The number of hydrogen-bond acceptors (Lipinski definition) is 1. The van der Waals surface area contributed by atoms with E-state index in [1.807, 2.05) is 0 Å². The van der Waals surface area contributed by atoms with Gasteiger partial charge in [-0.25, -0.2) is 13.2 Å². The minimum Gasteiger partial charge on any atom is -0.327 e. The summed E-state index contributed by atoms with van der Waals surface area (Å²) in [5.74, 6) is -1.70. The molecule has 0 fully saturated rings. The summed E-state index contributed by atoms with van der Waals surface area (Å²) in [5, 5.41) is 0.422. The van der Waals surface area contributed by atoms with E-state index in [1.165, 1.54) is 30.3 Å². The van der Waals surface area contributed by atoms with Crippen LogP contribution in [-0.2, 0) is 12.8 Å². The van der Waals surface area contributed by atoms with Gasteiger partial charge in [-0.05, 0) is 54.3 Å². The quantitative estimate of drug-likeness (QED) is 0.911. The van der Waals surface area contributed by atoms with Crippen LogP contribution in [0.4, 0.5) is 13.2 Å². The average Bonchev–Trinajstić information content (AvgIpc) is 2.32. The lowest BCUT2D eigenvalue weighted by atomic mass is 9.99. The minimum atomic E-state index is -0.652. The van der Waals surface area contributed by atoms with Gasteiger partial charge >= 0.3 is 0 Å². The third-order valence-corrected chi connectivity index (χ3v) is 3.15. The van der Waals surface area contributed by atoms with Crippen LogP contribution >= 0.6 is 11.6 Å². The van der Waals surface area contributed by atoms with Gasteiger partial charge in [-0.1, -0.05) is 11.6 Å². The van der Waals surface area contributed by atoms with Gasteiger partial charge in [0.05, 0.1) is 0 Å². The summed E-state index contributed by atoms with van der Waals surface area (Å²) < 4.78 is 39.7. The molecule has 1 atom stereocenters. The molecule has 2 aromatic carbocycles. The topological polar surface area (TPSA) is 26.0 Å². The summed E-state index contributed by atoms with van der Waals surface area (Å²) in [6, 6.07) is 7.01. The van der Waals surface area contributed by atoms with Crippen LogP contribution in [0.15, 0.2) is 36.4 Å². The van der Waals surface area contributed by atoms with E-state index < -0.39 is 23.5 Å². The molecule has 0 aromatic heterocycles. The molecular weight excluding hydrogens is 287 g/mol. The third kappa shape index (κ3) is 3.99. The molecular formula is C15H13ClF3N. The highest BCUT2D eigenvalue weighted by Crippen LogP contribution is 2.17. The zero-order chi connectivity index (χ0) is 14.7. The Kier molecular flexibility index (Phi) is 4.68. The second kappa shape index (κ2) is 6.29. The van der Waals surface area contributed by atoms with E-state index in [4.69, 9.17) is 17.3 Å². The summed E-state index contributed by atoms with van der Waals surface area (Å²) in [6.07, 6.45) is 0.491. The van der Waals surface area contributed by atoms with Gasteiger partial charge in [0.25, 0.3) is 0 Å². The summed E-state index contributed by atoms with van der Waals surface area (Å²) in [5.41, 5.74) is 6.73. The van der Waals surface area contributed by atoms with Gasteiger partial charge in [0.2, 0.25) is 0 Å². The first-order chi connectivity index (χ1) is 9.44. The van der Waals surface area contributed by atoms with Crippen molar-refractivity contribution in [2.75, 3.05) is 0 Å². The smallest absolute Gasteiger partial charge is 0.126 e. The van der Waals surface area contributed by atoms with Crippen LogP contribution in [0, 0.1) is 17.5 Å². The van der Waals surface area contributed by atoms with Crippen LogP contribution in [0.5, 0.6) is 0 Å². The Morgan fingerprint density at radius 3 is 2.25 bits per heavy atom. The van der Waals surface area contributed by atoms with E-state index in [0.29, 0.717) is 16.1 Å². The molecule has 20 heavy (non-hydrogen) atoms. The van der Waals surface area contributed by atoms with Gasteiger partial charge in [-0.15, -0.1) is 0 Å². The van der Waals surface area contributed by atoms with Gasteiger partial charge in [-0.3, -0.25) is 0 Å². The number of nitrogens with two attached hydrogens (primary N) is 1. The molecule has 0 bridgehead atoms. The zero-order valence-corrected chi connectivity index (χ0v) is 11.3. The van der Waals surface area contributed by atoms with E-state index >= 15 is 0 Å². The summed E-state index contributed by atoms with van der Waals surface area (Å²) in [4.78, 5) is 0. The lowest BCUT2D eigenvalue weighted by Crippen LogP contribution is -2.26. The van der Waals surface area contributed by atoms with E-state index in [9.17, 15) is 13.2 Å². The molecule has 2 aromatic rings. The normalized spacial score (nSPS) is 12.4. The molecule has 5 heteroatoms. The minimum absolute atomic E-state index is 0.241. The maximum atomic E-state index is 13.6. The van der Waals surface area contributed by atoms with Crippen molar-refractivity contribution in [3.63, 3.8) is 0 Å². The second-order valence-electron chi connectivity index (χ2n) is 4.68. The maximum absolute atomic E-state index is 13.6. The van der Waals surface area contributed by atoms with E-state index in [0.717, 1.165) is 6.07 Å². The highest BCUT2D eigenvalue weighted by atomic mass is 35.5. The maximum Gasteiger partial charge on any atom is 0.126 e. The van der Waals surface area contributed by atoms with Crippen LogP contribution in [0.25, 0.3) is 0 Å². The lowest BCUT2D eigenvalue weighted by Gasteiger charge is -2.13. The van der Waals surface area contributed by atoms with E-state index in [1.54, 1.807) is 0 Å². The van der Waals surface area contributed by atoms with Crippen LogP contribution < -0.4 is 5.73 Å². The Balaban J connectivity index is 2.08. The summed E-state index contributed by atoms with van der Waals surface area (Å²) in [6.45, 7) is 0. The van der Waals surface area contributed by atoms with Gasteiger partial charge in [0.1, 0.15) is 17.5 Å². The zero-order valence-electron chi connectivity index (χ0n) is 10.5. The highest BCUT2D eigenvalue weighted by molar-refractivity contribution is 6.30. The van der Waals surface area contributed by atoms with Crippen LogP contribution in [0.3, 0.4) is 0 Å². The fourth-order valence-electron chi connectivity index (χ4n) is 2.09. The molecule has 0 saturated heterocycles. The van der Waals surface area contributed by atoms with Gasteiger partial charge in [0.15, 0.2) is 0 Å². The fraction of sp³-hybridized carbons (Fsp3) is 0.200. The number of rotatable bonds is 4. The van der Waals surface area contributed by atoms with Gasteiger partial charge in [-0.2, -0.15) is 0 Å². The molecule has 0 aliphatic heterocycles. The molecule has 0 radical (unpaired) electrons. The van der Waals surface area contributed by atoms with Crippen molar-refractivity contribution < 1.29 is 13.2 Å².